The summed E-state index contributed by atoms with van der Waals surface area (Å²) in [7, 11) is 0. The molecule has 0 radical (unpaired) electrons. The van der Waals surface area contributed by atoms with E-state index in [2.05, 4.69) is 0 Å². The molecule has 0 spiro atoms. The second-order valence-corrected chi connectivity index (χ2v) is 6.40. The van der Waals surface area contributed by atoms with Gasteiger partial charge in [-0.1, -0.05) is 32.1 Å². The van der Waals surface area contributed by atoms with Gasteiger partial charge >= 0.3 is 0 Å². The summed E-state index contributed by atoms with van der Waals surface area (Å²) in [5, 5.41) is 0. The van der Waals surface area contributed by atoms with Crippen LogP contribution in [0.25, 0.3) is 11.1 Å². The summed E-state index contributed by atoms with van der Waals surface area (Å²) in [6.07, 6.45) is 6.11. The first kappa shape index (κ1) is 16.9. The van der Waals surface area contributed by atoms with Gasteiger partial charge in [-0.25, -0.2) is 22.0 Å². The van der Waals surface area contributed by atoms with Gasteiger partial charge in [-0.2, -0.15) is 0 Å². The molecule has 0 atom stereocenters. The minimum atomic E-state index is -1.66. The molecule has 0 aliphatic heterocycles. The van der Waals surface area contributed by atoms with Crippen LogP contribution in [0.4, 0.5) is 22.0 Å². The van der Waals surface area contributed by atoms with Crippen molar-refractivity contribution < 1.29 is 22.0 Å². The molecule has 0 bridgehead atoms. The lowest BCUT2D eigenvalue weighted by Crippen LogP contribution is -2.10. The molecule has 5 heteroatoms. The number of hydrogen-bond acceptors (Lipinski definition) is 0. The van der Waals surface area contributed by atoms with Crippen LogP contribution in [0.15, 0.2) is 24.3 Å². The van der Waals surface area contributed by atoms with Crippen LogP contribution in [0.2, 0.25) is 0 Å². The van der Waals surface area contributed by atoms with Crippen molar-refractivity contribution in [2.24, 2.45) is 5.92 Å². The van der Waals surface area contributed by atoms with Gasteiger partial charge in [0.25, 0.3) is 0 Å². The minimum absolute atomic E-state index is 0.356. The summed E-state index contributed by atoms with van der Waals surface area (Å²) in [6, 6.07) is 3.60. The molecule has 1 aliphatic rings. The quantitative estimate of drug-likeness (QED) is 0.463. The van der Waals surface area contributed by atoms with Crippen molar-refractivity contribution in [3.8, 4) is 11.1 Å². The largest absolute Gasteiger partial charge is 0.206 e. The highest BCUT2D eigenvalue weighted by molar-refractivity contribution is 5.65. The topological polar surface area (TPSA) is 0 Å². The molecule has 2 aromatic rings. The van der Waals surface area contributed by atoms with E-state index in [0.717, 1.165) is 25.7 Å². The van der Waals surface area contributed by atoms with Crippen LogP contribution in [0, 0.1) is 35.0 Å². The van der Waals surface area contributed by atoms with Crippen LogP contribution < -0.4 is 0 Å². The third kappa shape index (κ3) is 3.45. The Hall–Kier alpha value is -1.91. The van der Waals surface area contributed by atoms with Gasteiger partial charge in [0, 0.05) is 0 Å². The van der Waals surface area contributed by atoms with Gasteiger partial charge in [-0.15, -0.1) is 0 Å². The highest BCUT2D eigenvalue weighted by Gasteiger charge is 2.20. The molecule has 24 heavy (non-hydrogen) atoms. The summed E-state index contributed by atoms with van der Waals surface area (Å²) in [5.41, 5.74) is -0.366. The molecule has 0 heterocycles. The predicted octanol–water partition coefficient (Wildman–Crippen LogP) is 6.17. The van der Waals surface area contributed by atoms with Crippen LogP contribution in [0.3, 0.4) is 0 Å². The summed E-state index contributed by atoms with van der Waals surface area (Å²) in [5.74, 6) is -6.00. The van der Waals surface area contributed by atoms with E-state index in [1.54, 1.807) is 0 Å². The summed E-state index contributed by atoms with van der Waals surface area (Å²) >= 11 is 0. The van der Waals surface area contributed by atoms with Crippen molar-refractivity contribution >= 4 is 0 Å². The average Bonchev–Trinajstić information content (AvgIpc) is 2.53. The van der Waals surface area contributed by atoms with Gasteiger partial charge in [0.2, 0.25) is 0 Å². The van der Waals surface area contributed by atoms with Gasteiger partial charge in [-0.3, -0.25) is 0 Å². The molecule has 0 nitrogen and oxygen atoms in total. The summed E-state index contributed by atoms with van der Waals surface area (Å²) in [4.78, 5) is 0. The zero-order chi connectivity index (χ0) is 17.3. The van der Waals surface area contributed by atoms with E-state index in [1.165, 1.54) is 18.6 Å². The van der Waals surface area contributed by atoms with Crippen molar-refractivity contribution in [3.05, 3.63) is 58.9 Å². The Labute approximate surface area is 137 Å². The van der Waals surface area contributed by atoms with Gasteiger partial charge < -0.3 is 0 Å². The second kappa shape index (κ2) is 6.91. The van der Waals surface area contributed by atoms with E-state index >= 15 is 0 Å². The fourth-order valence-corrected chi connectivity index (χ4v) is 3.44. The molecular formula is C19H17F5. The number of rotatable bonds is 3. The average molecular weight is 340 g/mol. The lowest BCUT2D eigenvalue weighted by molar-refractivity contribution is 0.356. The Kier molecular flexibility index (Phi) is 4.88. The molecule has 0 amide bonds. The Bertz CT molecular complexity index is 701. The fraction of sp³-hybridized carbons (Fsp3) is 0.368. The predicted molar refractivity (Wildman–Crippen MR) is 81.9 cm³/mol. The standard InChI is InChI=1S/C19H17F5/c20-14-7-12(6-11-4-2-1-3-5-11)8-15(21)18(14)13-9-16(22)19(24)17(23)10-13/h7-11H,1-6H2. The lowest BCUT2D eigenvalue weighted by atomic mass is 9.84. The monoisotopic (exact) mass is 340 g/mol. The zero-order valence-corrected chi connectivity index (χ0v) is 13.0. The molecule has 0 N–H and O–H groups in total. The van der Waals surface area contributed by atoms with Crippen molar-refractivity contribution in [3.63, 3.8) is 0 Å². The normalized spacial score (nSPS) is 15.7. The molecule has 1 saturated carbocycles. The maximum atomic E-state index is 14.3. The van der Waals surface area contributed by atoms with Gasteiger partial charge in [0.1, 0.15) is 11.6 Å². The Morgan fingerprint density at radius 2 is 1.25 bits per heavy atom. The van der Waals surface area contributed by atoms with E-state index in [9.17, 15) is 22.0 Å². The number of halogens is 5. The number of benzene rings is 2. The Morgan fingerprint density at radius 3 is 1.79 bits per heavy atom. The summed E-state index contributed by atoms with van der Waals surface area (Å²) < 4.78 is 68.3. The molecule has 0 saturated heterocycles. The maximum absolute atomic E-state index is 14.3. The molecular weight excluding hydrogens is 323 g/mol. The molecule has 2 aromatic carbocycles. The van der Waals surface area contributed by atoms with E-state index in [4.69, 9.17) is 0 Å². The maximum Gasteiger partial charge on any atom is 0.194 e. The Balaban J connectivity index is 1.92. The summed E-state index contributed by atoms with van der Waals surface area (Å²) in [6.45, 7) is 0. The van der Waals surface area contributed by atoms with Crippen molar-refractivity contribution in [2.45, 2.75) is 38.5 Å². The van der Waals surface area contributed by atoms with Crippen LogP contribution in [-0.2, 0) is 6.42 Å². The highest BCUT2D eigenvalue weighted by Crippen LogP contribution is 2.32. The molecule has 1 fully saturated rings. The minimum Gasteiger partial charge on any atom is -0.206 e. The fourth-order valence-electron chi connectivity index (χ4n) is 3.44. The third-order valence-electron chi connectivity index (χ3n) is 4.62. The molecule has 3 rings (SSSR count). The van der Waals surface area contributed by atoms with E-state index < -0.39 is 34.6 Å². The highest BCUT2D eigenvalue weighted by atomic mass is 19.2. The van der Waals surface area contributed by atoms with Crippen molar-refractivity contribution in [2.75, 3.05) is 0 Å². The second-order valence-electron chi connectivity index (χ2n) is 6.40. The van der Waals surface area contributed by atoms with Crippen LogP contribution in [-0.4, -0.2) is 0 Å². The van der Waals surface area contributed by atoms with Gasteiger partial charge in [0.15, 0.2) is 17.5 Å². The SMILES string of the molecule is Fc1cc(-c2c(F)cc(CC3CCCCC3)cc2F)cc(F)c1F. The smallest absolute Gasteiger partial charge is 0.194 e. The zero-order valence-electron chi connectivity index (χ0n) is 13.0. The van der Waals surface area contributed by atoms with Crippen molar-refractivity contribution in [1.29, 1.82) is 0 Å². The van der Waals surface area contributed by atoms with Gasteiger partial charge in [-0.05, 0) is 47.7 Å². The van der Waals surface area contributed by atoms with Gasteiger partial charge in [0.05, 0.1) is 5.56 Å². The lowest BCUT2D eigenvalue weighted by Gasteiger charge is -2.21. The van der Waals surface area contributed by atoms with E-state index in [-0.39, 0.29) is 5.56 Å². The van der Waals surface area contributed by atoms with Crippen LogP contribution >= 0.6 is 0 Å². The van der Waals surface area contributed by atoms with E-state index in [0.29, 0.717) is 30.0 Å². The molecule has 1 aliphatic carbocycles. The number of hydrogen-bond donors (Lipinski definition) is 0. The molecule has 128 valence electrons. The first-order valence-electron chi connectivity index (χ1n) is 8.08. The third-order valence-corrected chi connectivity index (χ3v) is 4.62. The van der Waals surface area contributed by atoms with E-state index in [1.807, 2.05) is 0 Å². The molecule has 0 unspecified atom stereocenters. The molecule has 0 aromatic heterocycles. The first-order valence-corrected chi connectivity index (χ1v) is 8.08. The van der Waals surface area contributed by atoms with Crippen LogP contribution in [0.1, 0.15) is 37.7 Å². The van der Waals surface area contributed by atoms with Crippen LogP contribution in [0.5, 0.6) is 0 Å². The Morgan fingerprint density at radius 1 is 0.708 bits per heavy atom. The van der Waals surface area contributed by atoms with Crippen molar-refractivity contribution in [1.82, 2.24) is 0 Å². The first-order chi connectivity index (χ1) is 11.5.